The van der Waals surface area contributed by atoms with E-state index in [-0.39, 0.29) is 11.5 Å². The van der Waals surface area contributed by atoms with E-state index in [1.807, 2.05) is 0 Å². The van der Waals surface area contributed by atoms with E-state index in [2.05, 4.69) is 4.98 Å². The quantitative estimate of drug-likeness (QED) is 0.417. The van der Waals surface area contributed by atoms with E-state index in [1.54, 1.807) is 6.07 Å². The van der Waals surface area contributed by atoms with Crippen molar-refractivity contribution in [2.45, 2.75) is 0 Å². The molecular weight excluding hydrogens is 341 g/mol. The molecule has 0 atom stereocenters. The van der Waals surface area contributed by atoms with Gasteiger partial charge < -0.3 is 0 Å². The minimum absolute atomic E-state index is 0.141. The number of hydrogen-bond acceptors (Lipinski definition) is 4. The average Bonchev–Trinajstić information content (AvgIpc) is 1.85. The van der Waals surface area contributed by atoms with Crippen molar-refractivity contribution in [2.75, 3.05) is 5.73 Å². The van der Waals surface area contributed by atoms with Crippen LogP contribution < -0.4 is 8.86 Å². The minimum atomic E-state index is -0.587. The second-order valence-corrected chi connectivity index (χ2v) is 4.14. The summed E-state index contributed by atoms with van der Waals surface area (Å²) in [5.74, 6) is -0.260. The zero-order chi connectivity index (χ0) is 8.43. The molecule has 5 nitrogen and oxygen atoms in total. The van der Waals surface area contributed by atoms with Gasteiger partial charge >= 0.3 is 78.4 Å². The van der Waals surface area contributed by atoms with Crippen molar-refractivity contribution in [1.82, 2.24) is 4.98 Å². The summed E-state index contributed by atoms with van der Waals surface area (Å²) in [6.07, 6.45) is 1.47. The van der Waals surface area contributed by atoms with Gasteiger partial charge in [-0.3, -0.25) is 0 Å². The van der Waals surface area contributed by atoms with Gasteiger partial charge in [0.1, 0.15) is 0 Å². The Bertz CT molecular complexity index is 302. The van der Waals surface area contributed by atoms with Crippen LogP contribution in [0.15, 0.2) is 12.3 Å². The Kier molecular flexibility index (Phi) is 2.37. The van der Waals surface area contributed by atoms with Crippen molar-refractivity contribution < 1.29 is 4.92 Å². The number of rotatable bonds is 1. The number of nitro groups is 1. The van der Waals surface area contributed by atoms with Crippen LogP contribution in [-0.4, -0.2) is 35.7 Å². The van der Waals surface area contributed by atoms with Gasteiger partial charge in [-0.25, -0.2) is 0 Å². The summed E-state index contributed by atoms with van der Waals surface area (Å²) >= 11 is 0.801. The van der Waals surface area contributed by atoms with Crippen LogP contribution in [0.1, 0.15) is 0 Å². The summed E-state index contributed by atoms with van der Waals surface area (Å²) in [6, 6.07) is 1.58. The molecule has 0 fully saturated rings. The molecule has 0 saturated carbocycles. The molecule has 0 amide bonds. The third-order valence-electron chi connectivity index (χ3n) is 1.07. The predicted molar refractivity (Wildman–Crippen MR) is 40.7 cm³/mol. The number of anilines is 1. The summed E-state index contributed by atoms with van der Waals surface area (Å²) < 4.78 is 0.952. The van der Waals surface area contributed by atoms with Crippen molar-refractivity contribution in [1.29, 1.82) is 0 Å². The van der Waals surface area contributed by atoms with E-state index < -0.39 is 4.92 Å². The van der Waals surface area contributed by atoms with Gasteiger partial charge in [0, 0.05) is 0 Å². The Labute approximate surface area is 78.5 Å². The second kappa shape index (κ2) is 3.11. The van der Waals surface area contributed by atoms with E-state index in [1.165, 1.54) is 6.20 Å². The van der Waals surface area contributed by atoms with E-state index in [0.717, 1.165) is 28.9 Å². The first kappa shape index (κ1) is 8.37. The first-order valence-corrected chi connectivity index (χ1v) is 4.67. The monoisotopic (exact) mass is 346 g/mol. The molecule has 1 aromatic rings. The maximum atomic E-state index is 10.2. The summed E-state index contributed by atoms with van der Waals surface area (Å²) in [6.45, 7) is 0. The molecule has 0 unspecified atom stereocenters. The summed E-state index contributed by atoms with van der Waals surface area (Å²) in [5.41, 5.74) is 5.48. The van der Waals surface area contributed by atoms with Gasteiger partial charge in [0.15, 0.2) is 0 Å². The Hall–Kier alpha value is -0.728. The summed E-state index contributed by atoms with van der Waals surface area (Å²) in [5, 5.41) is 10.2. The molecule has 0 spiro atoms. The third-order valence-corrected chi connectivity index (χ3v) is 2.13. The van der Waals surface area contributed by atoms with Crippen molar-refractivity contribution in [3.63, 3.8) is 0 Å². The van der Waals surface area contributed by atoms with Crippen molar-refractivity contribution >= 4 is 40.4 Å². The number of nitrogens with two attached hydrogens (primary N) is 1. The van der Waals surface area contributed by atoms with Gasteiger partial charge in [-0.05, 0) is 0 Å². The molecule has 0 aromatic carbocycles. The number of nitrogen functional groups attached to an aromatic ring is 1. The summed E-state index contributed by atoms with van der Waals surface area (Å²) in [4.78, 5) is 13.2. The first-order valence-electron chi connectivity index (χ1n) is 2.73. The Morgan fingerprint density at radius 2 is 2.36 bits per heavy atom. The SMILES string of the molecule is Nc1c[c]([Pb])cnc1[N+](=O)[O-]. The topological polar surface area (TPSA) is 82.0 Å². The van der Waals surface area contributed by atoms with Crippen molar-refractivity contribution in [3.8, 4) is 0 Å². The van der Waals surface area contributed by atoms with Crippen molar-refractivity contribution in [2.24, 2.45) is 0 Å². The molecule has 55 valence electrons. The maximum absolute atomic E-state index is 10.2. The third kappa shape index (κ3) is 1.85. The Morgan fingerprint density at radius 1 is 1.73 bits per heavy atom. The fraction of sp³-hybridized carbons (Fsp3) is 0. The van der Waals surface area contributed by atoms with Crippen LogP contribution in [0.5, 0.6) is 0 Å². The molecule has 6 heteroatoms. The van der Waals surface area contributed by atoms with Crippen LogP contribution >= 0.6 is 0 Å². The van der Waals surface area contributed by atoms with Crippen LogP contribution in [0.2, 0.25) is 0 Å². The molecule has 11 heavy (non-hydrogen) atoms. The average molecular weight is 345 g/mol. The number of nitrogens with zero attached hydrogens (tertiary/aromatic N) is 2. The fourth-order valence-electron chi connectivity index (χ4n) is 0.627. The molecule has 1 aromatic heterocycles. The fourth-order valence-corrected chi connectivity index (χ4v) is 1.48. The zero-order valence-electron chi connectivity index (χ0n) is 5.44. The van der Waals surface area contributed by atoms with Crippen LogP contribution in [0.3, 0.4) is 0 Å². The standard InChI is InChI=1S/C5H4N3O2.Pb/c6-4-2-1-3-7-5(4)8(9)10;/h2-3H,6H2;. The Morgan fingerprint density at radius 3 is 2.82 bits per heavy atom. The molecular formula is C5H4N3O2Pb. The van der Waals surface area contributed by atoms with Gasteiger partial charge in [0.05, 0.1) is 0 Å². The van der Waals surface area contributed by atoms with Crippen LogP contribution in [0.25, 0.3) is 0 Å². The van der Waals surface area contributed by atoms with Gasteiger partial charge in [0.25, 0.3) is 0 Å². The first-order chi connectivity index (χ1) is 5.11. The normalized spacial score (nSPS) is 9.55. The van der Waals surface area contributed by atoms with Gasteiger partial charge in [0.2, 0.25) is 0 Å². The van der Waals surface area contributed by atoms with E-state index in [9.17, 15) is 10.1 Å². The molecule has 3 radical (unpaired) electrons. The van der Waals surface area contributed by atoms with E-state index >= 15 is 0 Å². The van der Waals surface area contributed by atoms with Crippen molar-refractivity contribution in [3.05, 3.63) is 22.4 Å². The van der Waals surface area contributed by atoms with E-state index in [0.29, 0.717) is 0 Å². The zero-order valence-corrected chi connectivity index (χ0v) is 9.33. The van der Waals surface area contributed by atoms with Gasteiger partial charge in [-0.1, -0.05) is 0 Å². The van der Waals surface area contributed by atoms with Gasteiger partial charge in [-0.2, -0.15) is 0 Å². The predicted octanol–water partition coefficient (Wildman–Crippen LogP) is -0.634. The van der Waals surface area contributed by atoms with Gasteiger partial charge in [-0.15, -0.1) is 0 Å². The van der Waals surface area contributed by atoms with E-state index in [4.69, 9.17) is 5.73 Å². The number of pyridine rings is 1. The molecule has 1 rings (SSSR count). The molecule has 0 aliphatic carbocycles. The number of hydrogen-bond donors (Lipinski definition) is 1. The molecule has 0 aliphatic rings. The molecule has 0 saturated heterocycles. The van der Waals surface area contributed by atoms with Crippen LogP contribution in [-0.2, 0) is 0 Å². The molecule has 1 heterocycles. The Balaban J connectivity index is 3.20. The second-order valence-electron chi connectivity index (χ2n) is 1.89. The van der Waals surface area contributed by atoms with Crippen LogP contribution in [0.4, 0.5) is 11.5 Å². The van der Waals surface area contributed by atoms with Crippen LogP contribution in [0, 0.1) is 10.1 Å². The number of aromatic nitrogens is 1. The molecule has 0 bridgehead atoms. The molecule has 2 N–H and O–H groups in total. The summed E-state index contributed by atoms with van der Waals surface area (Å²) in [7, 11) is 0. The molecule has 0 aliphatic heterocycles.